The molecule has 1 atom stereocenters. The fourth-order valence-electron chi connectivity index (χ4n) is 2.43. The summed E-state index contributed by atoms with van der Waals surface area (Å²) in [6.45, 7) is 4.74. The Morgan fingerprint density at radius 2 is 2.19 bits per heavy atom. The number of aromatic nitrogens is 2. The van der Waals surface area contributed by atoms with Crippen molar-refractivity contribution in [3.05, 3.63) is 50.5 Å². The minimum atomic E-state index is -0.245. The van der Waals surface area contributed by atoms with Crippen LogP contribution in [0.25, 0.3) is 0 Å². The molecule has 21 heavy (non-hydrogen) atoms. The molecule has 0 amide bonds. The molecule has 0 radical (unpaired) electrons. The lowest BCUT2D eigenvalue weighted by atomic mass is 9.99. The van der Waals surface area contributed by atoms with Gasteiger partial charge in [0, 0.05) is 23.1 Å². The molecule has 0 fully saturated rings. The van der Waals surface area contributed by atoms with E-state index in [0.717, 1.165) is 27.8 Å². The lowest BCUT2D eigenvalue weighted by Crippen LogP contribution is -2.23. The van der Waals surface area contributed by atoms with Crippen molar-refractivity contribution >= 4 is 27.5 Å². The maximum Gasteiger partial charge on any atom is 0.130 e. The highest BCUT2D eigenvalue weighted by Crippen LogP contribution is 2.30. The molecule has 0 aliphatic carbocycles. The zero-order valence-electron chi connectivity index (χ0n) is 12.3. The monoisotopic (exact) mass is 373 g/mol. The van der Waals surface area contributed by atoms with Crippen LogP contribution in [0.5, 0.6) is 0 Å². The van der Waals surface area contributed by atoms with Gasteiger partial charge in [0.05, 0.1) is 5.69 Å². The molecule has 2 rings (SSSR count). The normalized spacial score (nSPS) is 12.7. The van der Waals surface area contributed by atoms with Crippen LogP contribution in [0.15, 0.2) is 22.7 Å². The maximum atomic E-state index is 13.6. The van der Waals surface area contributed by atoms with Crippen LogP contribution in [0.2, 0.25) is 5.15 Å². The van der Waals surface area contributed by atoms with E-state index in [0.29, 0.717) is 11.6 Å². The quantitative estimate of drug-likeness (QED) is 0.851. The van der Waals surface area contributed by atoms with Gasteiger partial charge in [-0.2, -0.15) is 5.10 Å². The largest absolute Gasteiger partial charge is 0.310 e. The number of nitrogens with one attached hydrogen (secondary N) is 1. The summed E-state index contributed by atoms with van der Waals surface area (Å²) < 4.78 is 16.1. The fraction of sp³-hybridized carbons (Fsp3) is 0.400. The molecule has 0 saturated heterocycles. The molecule has 1 aromatic heterocycles. The first kappa shape index (κ1) is 16.5. The Balaban J connectivity index is 2.37. The molecule has 114 valence electrons. The molecule has 0 saturated carbocycles. The third kappa shape index (κ3) is 3.65. The highest BCUT2D eigenvalue weighted by molar-refractivity contribution is 9.10. The molecule has 1 heterocycles. The highest BCUT2D eigenvalue weighted by atomic mass is 79.9. The molecule has 0 bridgehead atoms. The minimum absolute atomic E-state index is 0.0273. The molecule has 1 unspecified atom stereocenters. The van der Waals surface area contributed by atoms with E-state index in [1.807, 2.05) is 20.9 Å². The van der Waals surface area contributed by atoms with Gasteiger partial charge in [-0.25, -0.2) is 4.39 Å². The molecule has 0 spiro atoms. The van der Waals surface area contributed by atoms with Crippen molar-refractivity contribution in [1.29, 1.82) is 0 Å². The Kier molecular flexibility index (Phi) is 5.41. The molecule has 0 aliphatic heterocycles. The maximum absolute atomic E-state index is 13.6. The predicted molar refractivity (Wildman–Crippen MR) is 87.2 cm³/mol. The number of aryl methyl sites for hydroxylation is 2. The van der Waals surface area contributed by atoms with Gasteiger partial charge in [0.1, 0.15) is 11.0 Å². The van der Waals surface area contributed by atoms with Crippen molar-refractivity contribution in [2.45, 2.75) is 26.3 Å². The summed E-state index contributed by atoms with van der Waals surface area (Å²) in [6, 6.07) is 4.70. The van der Waals surface area contributed by atoms with E-state index in [4.69, 9.17) is 11.6 Å². The van der Waals surface area contributed by atoms with Crippen molar-refractivity contribution in [3.8, 4) is 0 Å². The first-order valence-electron chi connectivity index (χ1n) is 6.80. The van der Waals surface area contributed by atoms with Gasteiger partial charge < -0.3 is 5.32 Å². The number of hydrogen-bond donors (Lipinski definition) is 1. The molecule has 6 heteroatoms. The van der Waals surface area contributed by atoms with Crippen molar-refractivity contribution in [2.75, 3.05) is 6.54 Å². The average molecular weight is 375 g/mol. The second-order valence-electron chi connectivity index (χ2n) is 4.96. The van der Waals surface area contributed by atoms with Gasteiger partial charge in [0.15, 0.2) is 0 Å². The first-order chi connectivity index (χ1) is 9.93. The number of benzene rings is 1. The molecule has 1 aromatic carbocycles. The summed E-state index contributed by atoms with van der Waals surface area (Å²) in [5, 5.41) is 8.34. The molecule has 2 aromatic rings. The standard InChI is InChI=1S/C15H18BrClFN3/c1-4-19-14(12-7-10(18)5-6-13(12)16)8-11-9(2)20-21(3)15(11)17/h5-7,14,19H,4,8H2,1-3H3. The van der Waals surface area contributed by atoms with E-state index in [9.17, 15) is 4.39 Å². The summed E-state index contributed by atoms with van der Waals surface area (Å²) >= 11 is 9.80. The highest BCUT2D eigenvalue weighted by Gasteiger charge is 2.20. The van der Waals surface area contributed by atoms with Gasteiger partial charge in [-0.15, -0.1) is 0 Å². The third-order valence-electron chi connectivity index (χ3n) is 3.46. The van der Waals surface area contributed by atoms with Crippen LogP contribution in [0.1, 0.15) is 29.8 Å². The Bertz CT molecular complexity index is 642. The zero-order valence-corrected chi connectivity index (χ0v) is 14.6. The van der Waals surface area contributed by atoms with Crippen LogP contribution in [0.3, 0.4) is 0 Å². The number of likely N-dealkylation sites (N-methyl/N-ethyl adjacent to an activating group) is 1. The Morgan fingerprint density at radius 1 is 1.48 bits per heavy atom. The van der Waals surface area contributed by atoms with E-state index >= 15 is 0 Å². The van der Waals surface area contributed by atoms with Crippen molar-refractivity contribution in [2.24, 2.45) is 7.05 Å². The molecular weight excluding hydrogens is 357 g/mol. The number of hydrogen-bond acceptors (Lipinski definition) is 2. The van der Waals surface area contributed by atoms with Crippen LogP contribution in [-0.2, 0) is 13.5 Å². The van der Waals surface area contributed by atoms with E-state index in [2.05, 4.69) is 26.3 Å². The number of nitrogens with zero attached hydrogens (tertiary/aromatic N) is 2. The van der Waals surface area contributed by atoms with Crippen molar-refractivity contribution < 1.29 is 4.39 Å². The van der Waals surface area contributed by atoms with E-state index in [1.165, 1.54) is 6.07 Å². The van der Waals surface area contributed by atoms with E-state index in [1.54, 1.807) is 16.8 Å². The molecule has 1 N–H and O–H groups in total. The lowest BCUT2D eigenvalue weighted by Gasteiger charge is -2.20. The summed E-state index contributed by atoms with van der Waals surface area (Å²) in [6.07, 6.45) is 0.661. The van der Waals surface area contributed by atoms with Crippen molar-refractivity contribution in [3.63, 3.8) is 0 Å². The Hall–Kier alpha value is -0.910. The van der Waals surface area contributed by atoms with Gasteiger partial charge in [-0.3, -0.25) is 4.68 Å². The van der Waals surface area contributed by atoms with Crippen LogP contribution in [0.4, 0.5) is 4.39 Å². The van der Waals surface area contributed by atoms with Crippen LogP contribution >= 0.6 is 27.5 Å². The summed E-state index contributed by atoms with van der Waals surface area (Å²) in [4.78, 5) is 0. The van der Waals surface area contributed by atoms with Crippen LogP contribution in [0, 0.1) is 12.7 Å². The first-order valence-corrected chi connectivity index (χ1v) is 7.97. The van der Waals surface area contributed by atoms with Gasteiger partial charge in [0.25, 0.3) is 0 Å². The smallest absolute Gasteiger partial charge is 0.130 e. The molecule has 3 nitrogen and oxygen atoms in total. The lowest BCUT2D eigenvalue weighted by molar-refractivity contribution is 0.539. The number of rotatable bonds is 5. The SMILES string of the molecule is CCNC(Cc1c(C)nn(C)c1Cl)c1cc(F)ccc1Br. The van der Waals surface area contributed by atoms with Gasteiger partial charge in [0.2, 0.25) is 0 Å². The summed E-state index contributed by atoms with van der Waals surface area (Å²) in [7, 11) is 1.82. The van der Waals surface area contributed by atoms with E-state index < -0.39 is 0 Å². The topological polar surface area (TPSA) is 29.9 Å². The predicted octanol–water partition coefficient (Wildman–Crippen LogP) is 4.18. The Morgan fingerprint density at radius 3 is 2.76 bits per heavy atom. The fourth-order valence-corrected chi connectivity index (χ4v) is 3.20. The van der Waals surface area contributed by atoms with Crippen molar-refractivity contribution in [1.82, 2.24) is 15.1 Å². The second-order valence-corrected chi connectivity index (χ2v) is 6.17. The van der Waals surface area contributed by atoms with E-state index in [-0.39, 0.29) is 11.9 Å². The second kappa shape index (κ2) is 6.90. The van der Waals surface area contributed by atoms with Gasteiger partial charge in [-0.05, 0) is 43.7 Å². The Labute approximate surface area is 137 Å². The molecule has 0 aliphatic rings. The third-order valence-corrected chi connectivity index (χ3v) is 4.66. The zero-order chi connectivity index (χ0) is 15.6. The van der Waals surface area contributed by atoms with Gasteiger partial charge in [-0.1, -0.05) is 34.5 Å². The molecular formula is C15H18BrClFN3. The van der Waals surface area contributed by atoms with Gasteiger partial charge >= 0.3 is 0 Å². The number of halogens is 3. The summed E-state index contributed by atoms with van der Waals surface area (Å²) in [5.74, 6) is -0.245. The van der Waals surface area contributed by atoms with Crippen LogP contribution in [-0.4, -0.2) is 16.3 Å². The van der Waals surface area contributed by atoms with Crippen LogP contribution < -0.4 is 5.32 Å². The average Bonchev–Trinajstić information content (AvgIpc) is 2.67. The minimum Gasteiger partial charge on any atom is -0.310 e. The summed E-state index contributed by atoms with van der Waals surface area (Å²) in [5.41, 5.74) is 2.77.